The van der Waals surface area contributed by atoms with Crippen LogP contribution in [0.3, 0.4) is 0 Å². The molecule has 21 heavy (non-hydrogen) atoms. The molecule has 1 aliphatic heterocycles. The van der Waals surface area contributed by atoms with Crippen LogP contribution in [0.4, 0.5) is 10.5 Å². The van der Waals surface area contributed by atoms with E-state index in [1.165, 1.54) is 4.90 Å². The number of hydrogen-bond acceptors (Lipinski definition) is 6. The molecule has 7 nitrogen and oxygen atoms in total. The summed E-state index contributed by atoms with van der Waals surface area (Å²) in [6.07, 6.45) is -0.0571. The summed E-state index contributed by atoms with van der Waals surface area (Å²) in [6, 6.07) is 8.01. The first-order valence-electron chi connectivity index (χ1n) is 6.43. The molecule has 1 aliphatic rings. The quantitative estimate of drug-likeness (QED) is 0.656. The highest BCUT2D eigenvalue weighted by atomic mass is 16.6. The van der Waals surface area contributed by atoms with E-state index in [0.29, 0.717) is 18.7 Å². The van der Waals surface area contributed by atoms with Gasteiger partial charge in [0.25, 0.3) is 0 Å². The van der Waals surface area contributed by atoms with Crippen molar-refractivity contribution >= 4 is 17.7 Å². The van der Waals surface area contributed by atoms with Crippen LogP contribution >= 0.6 is 0 Å². The molecular formula is C14H15N3O4. The standard InChI is InChI=1S/C14H15N3O4/c15-6-8-20-13(18)12-5-7-17(12)14(19)21-9-10-1-3-11(16)4-2-10/h1-4,12H,5,7-9,16H2/t12-/m0/s1. The van der Waals surface area contributed by atoms with Crippen molar-refractivity contribution in [3.8, 4) is 6.07 Å². The molecule has 0 unspecified atom stereocenters. The molecule has 1 saturated heterocycles. The number of carbonyl (C=O) groups excluding carboxylic acids is 2. The van der Waals surface area contributed by atoms with E-state index in [1.54, 1.807) is 30.3 Å². The first-order chi connectivity index (χ1) is 10.1. The summed E-state index contributed by atoms with van der Waals surface area (Å²) in [5.74, 6) is -0.577. The van der Waals surface area contributed by atoms with Gasteiger partial charge in [-0.3, -0.25) is 4.90 Å². The molecule has 0 radical (unpaired) electrons. The van der Waals surface area contributed by atoms with Crippen LogP contribution in [0.25, 0.3) is 0 Å². The third kappa shape index (κ3) is 3.63. The summed E-state index contributed by atoms with van der Waals surface area (Å²) in [7, 11) is 0. The number of nitrogen functional groups attached to an aromatic ring is 1. The van der Waals surface area contributed by atoms with E-state index in [1.807, 2.05) is 0 Å². The minimum Gasteiger partial charge on any atom is -0.449 e. The van der Waals surface area contributed by atoms with E-state index >= 15 is 0 Å². The average molecular weight is 289 g/mol. The van der Waals surface area contributed by atoms with Crippen molar-refractivity contribution in [2.45, 2.75) is 19.1 Å². The highest BCUT2D eigenvalue weighted by Crippen LogP contribution is 2.20. The topological polar surface area (TPSA) is 106 Å². The highest BCUT2D eigenvalue weighted by molar-refractivity contribution is 5.83. The molecule has 0 spiro atoms. The summed E-state index contributed by atoms with van der Waals surface area (Å²) in [5, 5.41) is 8.35. The maximum absolute atomic E-state index is 11.9. The van der Waals surface area contributed by atoms with Gasteiger partial charge < -0.3 is 15.2 Å². The number of carbonyl (C=O) groups is 2. The Balaban J connectivity index is 1.82. The molecule has 0 aliphatic carbocycles. The van der Waals surface area contributed by atoms with Crippen molar-refractivity contribution in [1.29, 1.82) is 5.26 Å². The van der Waals surface area contributed by atoms with Crippen LogP contribution < -0.4 is 5.73 Å². The number of hydrogen-bond donors (Lipinski definition) is 1. The summed E-state index contributed by atoms with van der Waals surface area (Å²) in [4.78, 5) is 24.7. The fraction of sp³-hybridized carbons (Fsp3) is 0.357. The first kappa shape index (κ1) is 14.7. The number of anilines is 1. The van der Waals surface area contributed by atoms with Gasteiger partial charge in [0.2, 0.25) is 0 Å². The van der Waals surface area contributed by atoms with Crippen molar-refractivity contribution in [1.82, 2.24) is 4.90 Å². The third-order valence-electron chi connectivity index (χ3n) is 3.15. The fourth-order valence-corrected chi connectivity index (χ4v) is 1.89. The molecule has 1 aromatic carbocycles. The number of rotatable bonds is 4. The molecular weight excluding hydrogens is 274 g/mol. The molecule has 1 amide bonds. The van der Waals surface area contributed by atoms with E-state index in [9.17, 15) is 9.59 Å². The van der Waals surface area contributed by atoms with Crippen molar-refractivity contribution in [2.24, 2.45) is 0 Å². The molecule has 110 valence electrons. The predicted molar refractivity (Wildman–Crippen MR) is 72.7 cm³/mol. The van der Waals surface area contributed by atoms with Gasteiger partial charge in [0, 0.05) is 12.2 Å². The average Bonchev–Trinajstić information content (AvgIpc) is 2.43. The van der Waals surface area contributed by atoms with Crippen molar-refractivity contribution in [3.05, 3.63) is 29.8 Å². The van der Waals surface area contributed by atoms with Crippen LogP contribution in [0.15, 0.2) is 24.3 Å². The summed E-state index contributed by atoms with van der Waals surface area (Å²) in [6.45, 7) is 0.228. The molecule has 2 N–H and O–H groups in total. The molecule has 0 bridgehead atoms. The van der Waals surface area contributed by atoms with E-state index in [0.717, 1.165) is 5.56 Å². The maximum Gasteiger partial charge on any atom is 0.410 e. The minimum atomic E-state index is -0.655. The van der Waals surface area contributed by atoms with Crippen molar-refractivity contribution < 1.29 is 19.1 Å². The number of esters is 1. The number of likely N-dealkylation sites (tertiary alicyclic amines) is 1. The lowest BCUT2D eigenvalue weighted by molar-refractivity contribution is -0.152. The second-order valence-corrected chi connectivity index (χ2v) is 4.56. The summed E-state index contributed by atoms with van der Waals surface area (Å²) in [5.41, 5.74) is 7.00. The third-order valence-corrected chi connectivity index (χ3v) is 3.15. The molecule has 7 heteroatoms. The van der Waals surface area contributed by atoms with Gasteiger partial charge in [-0.05, 0) is 24.1 Å². The Hall–Kier alpha value is -2.75. The lowest BCUT2D eigenvalue weighted by Gasteiger charge is -2.37. The van der Waals surface area contributed by atoms with E-state index in [4.69, 9.17) is 15.7 Å². The van der Waals surface area contributed by atoms with Gasteiger partial charge in [0.1, 0.15) is 18.7 Å². The predicted octanol–water partition coefficient (Wildman–Crippen LogP) is 1.05. The first-order valence-corrected chi connectivity index (χ1v) is 6.43. The van der Waals surface area contributed by atoms with E-state index < -0.39 is 18.1 Å². The van der Waals surface area contributed by atoms with Crippen molar-refractivity contribution in [2.75, 3.05) is 18.9 Å². The summed E-state index contributed by atoms with van der Waals surface area (Å²) >= 11 is 0. The second-order valence-electron chi connectivity index (χ2n) is 4.56. The molecule has 1 atom stereocenters. The van der Waals surface area contributed by atoms with Crippen LogP contribution in [-0.2, 0) is 20.9 Å². The smallest absolute Gasteiger partial charge is 0.410 e. The van der Waals surface area contributed by atoms with Gasteiger partial charge in [-0.15, -0.1) is 0 Å². The normalized spacial score (nSPS) is 16.5. The highest BCUT2D eigenvalue weighted by Gasteiger charge is 2.39. The number of amides is 1. The second kappa shape index (κ2) is 6.61. The number of ether oxygens (including phenoxy) is 2. The Kier molecular flexibility index (Phi) is 4.61. The molecule has 1 fully saturated rings. The van der Waals surface area contributed by atoms with Gasteiger partial charge in [-0.1, -0.05) is 12.1 Å². The zero-order chi connectivity index (χ0) is 15.2. The zero-order valence-electron chi connectivity index (χ0n) is 11.3. The van der Waals surface area contributed by atoms with E-state index in [-0.39, 0.29) is 13.2 Å². The number of nitrogens with zero attached hydrogens (tertiary/aromatic N) is 2. The van der Waals surface area contributed by atoms with Gasteiger partial charge >= 0.3 is 12.1 Å². The number of nitriles is 1. The minimum absolute atomic E-state index is 0.107. The van der Waals surface area contributed by atoms with Gasteiger partial charge in [-0.2, -0.15) is 5.26 Å². The molecule has 2 rings (SSSR count). The SMILES string of the molecule is N#CCOC(=O)[C@@H]1CCN1C(=O)OCc1ccc(N)cc1. The van der Waals surface area contributed by atoms with Crippen LogP contribution in [0.1, 0.15) is 12.0 Å². The fourth-order valence-electron chi connectivity index (χ4n) is 1.89. The number of nitrogens with two attached hydrogens (primary N) is 1. The van der Waals surface area contributed by atoms with E-state index in [2.05, 4.69) is 4.74 Å². The monoisotopic (exact) mass is 289 g/mol. The summed E-state index contributed by atoms with van der Waals surface area (Å²) < 4.78 is 9.82. The zero-order valence-corrected chi connectivity index (χ0v) is 11.3. The Labute approximate surface area is 121 Å². The largest absolute Gasteiger partial charge is 0.449 e. The number of benzene rings is 1. The molecule has 1 heterocycles. The van der Waals surface area contributed by atoms with Crippen LogP contribution in [0.5, 0.6) is 0 Å². The van der Waals surface area contributed by atoms with Gasteiger partial charge in [-0.25, -0.2) is 9.59 Å². The Bertz CT molecular complexity index is 565. The Morgan fingerprint density at radius 2 is 2.05 bits per heavy atom. The van der Waals surface area contributed by atoms with Crippen LogP contribution in [0.2, 0.25) is 0 Å². The maximum atomic E-state index is 11.9. The lowest BCUT2D eigenvalue weighted by Crippen LogP contribution is -2.55. The van der Waals surface area contributed by atoms with Crippen LogP contribution in [0, 0.1) is 11.3 Å². The lowest BCUT2D eigenvalue weighted by atomic mass is 10.0. The Morgan fingerprint density at radius 3 is 2.62 bits per heavy atom. The Morgan fingerprint density at radius 1 is 1.33 bits per heavy atom. The van der Waals surface area contributed by atoms with Crippen molar-refractivity contribution in [3.63, 3.8) is 0 Å². The van der Waals surface area contributed by atoms with Crippen LogP contribution in [-0.4, -0.2) is 36.2 Å². The van der Waals surface area contributed by atoms with Gasteiger partial charge in [0.05, 0.1) is 0 Å². The van der Waals surface area contributed by atoms with Gasteiger partial charge in [0.15, 0.2) is 6.61 Å². The molecule has 0 saturated carbocycles. The molecule has 0 aromatic heterocycles. The molecule has 1 aromatic rings.